The summed E-state index contributed by atoms with van der Waals surface area (Å²) < 4.78 is 0.607. The Hall–Kier alpha value is -0.610. The van der Waals surface area contributed by atoms with E-state index < -0.39 is 0 Å². The number of phenolic OH excluding ortho intramolecular Hbond substituents is 1. The lowest BCUT2D eigenvalue weighted by Gasteiger charge is -2.04. The number of rotatable bonds is 2. The molecule has 0 fully saturated rings. The molecule has 1 rings (SSSR count). The molecule has 0 aliphatic rings. The highest BCUT2D eigenvalue weighted by atomic mass is 79.9. The molecule has 0 radical (unpaired) electrons. The molecule has 0 heterocycles. The SMILES string of the molecule is C=Cc1ccc(Br)c(O)c1N=C.CBr. The summed E-state index contributed by atoms with van der Waals surface area (Å²) in [6.07, 6.45) is 1.62. The maximum absolute atomic E-state index is 9.48. The van der Waals surface area contributed by atoms with Gasteiger partial charge in [-0.3, -0.25) is 4.99 Å². The Kier molecular flexibility index (Phi) is 6.49. The zero-order valence-corrected chi connectivity index (χ0v) is 11.0. The van der Waals surface area contributed by atoms with Crippen molar-refractivity contribution in [1.29, 1.82) is 0 Å². The van der Waals surface area contributed by atoms with E-state index in [1.807, 2.05) is 5.83 Å². The van der Waals surface area contributed by atoms with Crippen LogP contribution in [-0.4, -0.2) is 17.7 Å². The van der Waals surface area contributed by atoms with Crippen molar-refractivity contribution in [1.82, 2.24) is 0 Å². The zero-order valence-electron chi connectivity index (χ0n) is 7.80. The Balaban J connectivity index is 0.000000791. The lowest BCUT2D eigenvalue weighted by Crippen LogP contribution is -1.76. The van der Waals surface area contributed by atoms with E-state index in [-0.39, 0.29) is 5.75 Å². The van der Waals surface area contributed by atoms with Crippen LogP contribution in [0.4, 0.5) is 5.69 Å². The minimum Gasteiger partial charge on any atom is -0.505 e. The van der Waals surface area contributed by atoms with E-state index in [1.54, 1.807) is 18.2 Å². The van der Waals surface area contributed by atoms with Crippen molar-refractivity contribution in [2.45, 2.75) is 0 Å². The highest BCUT2D eigenvalue weighted by Crippen LogP contribution is 2.37. The third-order valence-electron chi connectivity index (χ3n) is 1.51. The van der Waals surface area contributed by atoms with Crippen LogP contribution in [0.3, 0.4) is 0 Å². The molecule has 0 aliphatic carbocycles. The zero-order chi connectivity index (χ0) is 11.1. The Labute approximate surface area is 101 Å². The van der Waals surface area contributed by atoms with Crippen LogP contribution >= 0.6 is 31.9 Å². The van der Waals surface area contributed by atoms with Crippen molar-refractivity contribution in [2.75, 3.05) is 5.83 Å². The quantitative estimate of drug-likeness (QED) is 0.644. The van der Waals surface area contributed by atoms with Crippen molar-refractivity contribution < 1.29 is 5.11 Å². The molecule has 0 amide bonds. The molecule has 0 spiro atoms. The molecule has 4 heteroatoms. The minimum absolute atomic E-state index is 0.0994. The summed E-state index contributed by atoms with van der Waals surface area (Å²) in [7, 11) is 0. The fraction of sp³-hybridized carbons (Fsp3) is 0.100. The fourth-order valence-electron chi connectivity index (χ4n) is 0.902. The van der Waals surface area contributed by atoms with Crippen LogP contribution in [0.5, 0.6) is 5.75 Å². The first-order valence-corrected chi connectivity index (χ1v) is 6.07. The number of phenols is 1. The number of benzene rings is 1. The van der Waals surface area contributed by atoms with Crippen LogP contribution in [-0.2, 0) is 0 Å². The van der Waals surface area contributed by atoms with Gasteiger partial charge in [-0.15, -0.1) is 0 Å². The van der Waals surface area contributed by atoms with Gasteiger partial charge in [-0.05, 0) is 34.5 Å². The summed E-state index contributed by atoms with van der Waals surface area (Å²) in [5.41, 5.74) is 1.23. The summed E-state index contributed by atoms with van der Waals surface area (Å²) in [5.74, 6) is 1.91. The summed E-state index contributed by atoms with van der Waals surface area (Å²) in [4.78, 5) is 3.70. The molecule has 2 nitrogen and oxygen atoms in total. The van der Waals surface area contributed by atoms with E-state index in [2.05, 4.69) is 50.1 Å². The van der Waals surface area contributed by atoms with Crippen LogP contribution in [0.25, 0.3) is 6.08 Å². The van der Waals surface area contributed by atoms with Crippen LogP contribution in [0, 0.1) is 0 Å². The van der Waals surface area contributed by atoms with Crippen LogP contribution < -0.4 is 0 Å². The third-order valence-corrected chi connectivity index (χ3v) is 2.15. The average Bonchev–Trinajstić information content (AvgIpc) is 2.24. The molecule has 0 bridgehead atoms. The van der Waals surface area contributed by atoms with Crippen LogP contribution in [0.2, 0.25) is 0 Å². The van der Waals surface area contributed by atoms with Gasteiger partial charge in [-0.1, -0.05) is 34.7 Å². The van der Waals surface area contributed by atoms with E-state index in [1.165, 1.54) is 0 Å². The Morgan fingerprint density at radius 3 is 2.43 bits per heavy atom. The van der Waals surface area contributed by atoms with E-state index in [4.69, 9.17) is 0 Å². The number of nitrogens with zero attached hydrogens (tertiary/aromatic N) is 1. The predicted octanol–water partition coefficient (Wildman–Crippen LogP) is 4.14. The van der Waals surface area contributed by atoms with Crippen molar-refractivity contribution in [2.24, 2.45) is 4.99 Å². The molecule has 0 atom stereocenters. The number of aliphatic imine (C=N–C) groups is 1. The van der Waals surface area contributed by atoms with Gasteiger partial charge in [0, 0.05) is 5.56 Å². The minimum atomic E-state index is 0.0994. The Morgan fingerprint density at radius 2 is 2.00 bits per heavy atom. The normalized spacial score (nSPS) is 8.50. The van der Waals surface area contributed by atoms with E-state index in [0.717, 1.165) is 5.56 Å². The molecular formula is C10H11Br2NO. The molecule has 0 aliphatic heterocycles. The number of hydrogen-bond acceptors (Lipinski definition) is 2. The van der Waals surface area contributed by atoms with Crippen molar-refractivity contribution >= 4 is 50.3 Å². The first-order valence-electron chi connectivity index (χ1n) is 3.69. The van der Waals surface area contributed by atoms with Crippen molar-refractivity contribution in [3.8, 4) is 5.75 Å². The summed E-state index contributed by atoms with van der Waals surface area (Å²) >= 11 is 6.12. The van der Waals surface area contributed by atoms with Crippen molar-refractivity contribution in [3.05, 3.63) is 28.7 Å². The molecule has 0 unspecified atom stereocenters. The van der Waals surface area contributed by atoms with Gasteiger partial charge in [0.1, 0.15) is 5.69 Å². The van der Waals surface area contributed by atoms with E-state index in [0.29, 0.717) is 10.2 Å². The van der Waals surface area contributed by atoms with Crippen molar-refractivity contribution in [3.63, 3.8) is 0 Å². The average molecular weight is 321 g/mol. The number of hydrogen-bond donors (Lipinski definition) is 1. The van der Waals surface area contributed by atoms with Crippen LogP contribution in [0.15, 0.2) is 28.2 Å². The van der Waals surface area contributed by atoms with Gasteiger partial charge >= 0.3 is 0 Å². The summed E-state index contributed by atoms with van der Waals surface area (Å²) in [5, 5.41) is 9.48. The molecule has 76 valence electrons. The molecule has 0 saturated heterocycles. The maximum Gasteiger partial charge on any atom is 0.155 e. The maximum atomic E-state index is 9.48. The number of alkyl halides is 1. The first kappa shape index (κ1) is 13.4. The van der Waals surface area contributed by atoms with Gasteiger partial charge in [-0.2, -0.15) is 0 Å². The molecule has 1 aromatic rings. The fourth-order valence-corrected chi connectivity index (χ4v) is 1.22. The standard InChI is InChI=1S/C9H8BrNO.CH3Br/c1-3-6-4-5-7(10)9(12)8(6)11-2;1-2/h3-5,12H,1-2H2;1H3. The van der Waals surface area contributed by atoms with E-state index in [9.17, 15) is 5.11 Å². The van der Waals surface area contributed by atoms with Gasteiger partial charge in [0.15, 0.2) is 5.75 Å². The van der Waals surface area contributed by atoms with Crippen LogP contribution in [0.1, 0.15) is 5.56 Å². The summed E-state index contributed by atoms with van der Waals surface area (Å²) in [6.45, 7) is 6.96. The smallest absolute Gasteiger partial charge is 0.155 e. The highest BCUT2D eigenvalue weighted by molar-refractivity contribution is 9.10. The van der Waals surface area contributed by atoms with E-state index >= 15 is 0 Å². The second-order valence-corrected chi connectivity index (χ2v) is 3.05. The second kappa shape index (κ2) is 6.79. The highest BCUT2D eigenvalue weighted by Gasteiger charge is 2.06. The Morgan fingerprint density at radius 1 is 1.43 bits per heavy atom. The lowest BCUT2D eigenvalue weighted by atomic mass is 10.1. The molecule has 0 saturated carbocycles. The topological polar surface area (TPSA) is 32.6 Å². The summed E-state index contributed by atoms with van der Waals surface area (Å²) in [6, 6.07) is 3.54. The Bertz CT molecular complexity index is 337. The van der Waals surface area contributed by atoms with Gasteiger partial charge in [0.25, 0.3) is 0 Å². The molecular weight excluding hydrogens is 310 g/mol. The number of aromatic hydroxyl groups is 1. The largest absolute Gasteiger partial charge is 0.505 e. The molecule has 14 heavy (non-hydrogen) atoms. The lowest BCUT2D eigenvalue weighted by molar-refractivity contribution is 0.473. The number of halogens is 2. The van der Waals surface area contributed by atoms with Gasteiger partial charge < -0.3 is 5.11 Å². The molecule has 1 aromatic carbocycles. The predicted molar refractivity (Wildman–Crippen MR) is 70.0 cm³/mol. The molecule has 1 N–H and O–H groups in total. The second-order valence-electron chi connectivity index (χ2n) is 2.20. The monoisotopic (exact) mass is 319 g/mol. The third kappa shape index (κ3) is 2.96. The van der Waals surface area contributed by atoms with Gasteiger partial charge in [0.2, 0.25) is 0 Å². The van der Waals surface area contributed by atoms with Gasteiger partial charge in [-0.25, -0.2) is 0 Å². The first-order chi connectivity index (χ1) is 6.70. The van der Waals surface area contributed by atoms with Gasteiger partial charge in [0.05, 0.1) is 4.47 Å². The molecule has 0 aromatic heterocycles.